The summed E-state index contributed by atoms with van der Waals surface area (Å²) < 4.78 is 16.4. The number of carbonyl (C=O) groups is 1. The molecule has 0 radical (unpaired) electrons. The van der Waals surface area contributed by atoms with Crippen LogP contribution in [0.3, 0.4) is 0 Å². The molecule has 1 aliphatic carbocycles. The SMILES string of the molecule is NCCCCCCCCCCNc1cc2c(cc1F)c(=O)c(C(=O)O)cn2C1CC1. The van der Waals surface area contributed by atoms with Crippen LogP contribution in [0, 0.1) is 5.82 Å². The van der Waals surface area contributed by atoms with Crippen LogP contribution in [0.5, 0.6) is 0 Å². The molecule has 0 unspecified atom stereocenters. The number of benzene rings is 1. The number of aromatic carboxylic acids is 1. The molecule has 30 heavy (non-hydrogen) atoms. The Balaban J connectivity index is 1.60. The monoisotopic (exact) mass is 417 g/mol. The minimum absolute atomic E-state index is 0.125. The van der Waals surface area contributed by atoms with Crippen LogP contribution in [0.1, 0.15) is 80.6 Å². The van der Waals surface area contributed by atoms with E-state index in [0.717, 1.165) is 38.6 Å². The zero-order valence-corrected chi connectivity index (χ0v) is 17.5. The van der Waals surface area contributed by atoms with E-state index in [4.69, 9.17) is 5.73 Å². The Morgan fingerprint density at radius 1 is 1.10 bits per heavy atom. The summed E-state index contributed by atoms with van der Waals surface area (Å²) in [5.74, 6) is -1.80. The molecule has 0 bridgehead atoms. The average molecular weight is 418 g/mol. The first-order valence-electron chi connectivity index (χ1n) is 11.1. The van der Waals surface area contributed by atoms with Crippen molar-refractivity contribution in [3.05, 3.63) is 39.9 Å². The smallest absolute Gasteiger partial charge is 0.341 e. The molecule has 1 saturated carbocycles. The molecular formula is C23H32FN3O3. The molecule has 1 fully saturated rings. The lowest BCUT2D eigenvalue weighted by molar-refractivity contribution is 0.0695. The van der Waals surface area contributed by atoms with Gasteiger partial charge in [0, 0.05) is 24.2 Å². The highest BCUT2D eigenvalue weighted by Crippen LogP contribution is 2.37. The van der Waals surface area contributed by atoms with Crippen LogP contribution in [0.25, 0.3) is 10.9 Å². The van der Waals surface area contributed by atoms with Gasteiger partial charge in [-0.15, -0.1) is 0 Å². The number of aromatic nitrogens is 1. The maximum Gasteiger partial charge on any atom is 0.341 e. The van der Waals surface area contributed by atoms with E-state index in [2.05, 4.69) is 5.32 Å². The molecule has 0 atom stereocenters. The van der Waals surface area contributed by atoms with Gasteiger partial charge in [-0.25, -0.2) is 9.18 Å². The molecule has 0 saturated heterocycles. The van der Waals surface area contributed by atoms with E-state index in [1.807, 2.05) is 4.57 Å². The second-order valence-corrected chi connectivity index (χ2v) is 8.21. The molecule has 6 nitrogen and oxygen atoms in total. The maximum absolute atomic E-state index is 14.6. The standard InChI is InChI=1S/C23H32FN3O3/c24-19-13-17-21(27(16-9-10-16)15-18(22(17)28)23(29)30)14-20(19)26-12-8-6-4-2-1-3-5-7-11-25/h13-16,26H,1-12,25H2,(H,29,30). The maximum atomic E-state index is 14.6. The molecule has 1 aromatic carbocycles. The van der Waals surface area contributed by atoms with Crippen molar-refractivity contribution >= 4 is 22.6 Å². The van der Waals surface area contributed by atoms with Crippen molar-refractivity contribution < 1.29 is 14.3 Å². The van der Waals surface area contributed by atoms with Crippen molar-refractivity contribution in [1.82, 2.24) is 4.57 Å². The molecule has 0 aliphatic heterocycles. The number of pyridine rings is 1. The Kier molecular flexibility index (Phi) is 7.85. The molecule has 0 amide bonds. The second kappa shape index (κ2) is 10.6. The van der Waals surface area contributed by atoms with E-state index >= 15 is 0 Å². The molecule has 4 N–H and O–H groups in total. The zero-order chi connectivity index (χ0) is 21.5. The van der Waals surface area contributed by atoms with Crippen molar-refractivity contribution in [3.63, 3.8) is 0 Å². The van der Waals surface area contributed by atoms with E-state index in [1.54, 1.807) is 6.07 Å². The number of nitrogens with two attached hydrogens (primary N) is 1. The van der Waals surface area contributed by atoms with Gasteiger partial charge in [-0.3, -0.25) is 4.79 Å². The first kappa shape index (κ1) is 22.3. The van der Waals surface area contributed by atoms with Crippen molar-refractivity contribution in [2.45, 2.75) is 70.3 Å². The highest BCUT2D eigenvalue weighted by Gasteiger charge is 2.27. The predicted octanol–water partition coefficient (Wildman–Crippen LogP) is 4.67. The largest absolute Gasteiger partial charge is 0.477 e. The van der Waals surface area contributed by atoms with Crippen LogP contribution >= 0.6 is 0 Å². The van der Waals surface area contributed by atoms with E-state index in [-0.39, 0.29) is 17.0 Å². The van der Waals surface area contributed by atoms with Gasteiger partial charge in [-0.2, -0.15) is 0 Å². The van der Waals surface area contributed by atoms with Crippen molar-refractivity contribution in [3.8, 4) is 0 Å². The number of carboxylic acids is 1. The minimum atomic E-state index is -1.28. The summed E-state index contributed by atoms with van der Waals surface area (Å²) in [6.07, 6.45) is 12.5. The highest BCUT2D eigenvalue weighted by atomic mass is 19.1. The molecule has 0 spiro atoms. The summed E-state index contributed by atoms with van der Waals surface area (Å²) in [5.41, 5.74) is 5.50. The lowest BCUT2D eigenvalue weighted by Crippen LogP contribution is -2.19. The number of unbranched alkanes of at least 4 members (excludes halogenated alkanes) is 7. The van der Waals surface area contributed by atoms with Crippen molar-refractivity contribution in [1.29, 1.82) is 0 Å². The summed E-state index contributed by atoms with van der Waals surface area (Å²) in [6.45, 7) is 1.44. The number of anilines is 1. The lowest BCUT2D eigenvalue weighted by Gasteiger charge is -2.14. The summed E-state index contributed by atoms with van der Waals surface area (Å²) in [7, 11) is 0. The average Bonchev–Trinajstić information content (AvgIpc) is 3.55. The Morgan fingerprint density at radius 3 is 2.33 bits per heavy atom. The van der Waals surface area contributed by atoms with Gasteiger partial charge < -0.3 is 20.7 Å². The van der Waals surface area contributed by atoms with Gasteiger partial charge in [-0.05, 0) is 44.4 Å². The van der Waals surface area contributed by atoms with Crippen LogP contribution in [0.4, 0.5) is 10.1 Å². The van der Waals surface area contributed by atoms with Crippen molar-refractivity contribution in [2.24, 2.45) is 5.73 Å². The molecular weight excluding hydrogens is 385 g/mol. The second-order valence-electron chi connectivity index (χ2n) is 8.21. The summed E-state index contributed by atoms with van der Waals surface area (Å²) in [4.78, 5) is 23.9. The third-order valence-electron chi connectivity index (χ3n) is 5.74. The van der Waals surface area contributed by atoms with Gasteiger partial charge in [0.2, 0.25) is 5.43 Å². The van der Waals surface area contributed by atoms with E-state index in [1.165, 1.54) is 44.4 Å². The zero-order valence-electron chi connectivity index (χ0n) is 17.5. The van der Waals surface area contributed by atoms with Gasteiger partial charge in [-0.1, -0.05) is 38.5 Å². The number of nitrogens with zero attached hydrogens (tertiary/aromatic N) is 1. The first-order valence-corrected chi connectivity index (χ1v) is 11.1. The van der Waals surface area contributed by atoms with Gasteiger partial charge in [0.1, 0.15) is 11.4 Å². The quantitative estimate of drug-likeness (QED) is 0.412. The fraction of sp³-hybridized carbons (Fsp3) is 0.565. The Morgan fingerprint density at radius 2 is 1.73 bits per heavy atom. The number of rotatable bonds is 13. The molecule has 1 heterocycles. The molecule has 1 aromatic heterocycles. The van der Waals surface area contributed by atoms with Crippen LogP contribution in [0.2, 0.25) is 0 Å². The third kappa shape index (κ3) is 5.59. The fourth-order valence-electron chi connectivity index (χ4n) is 3.87. The van der Waals surface area contributed by atoms with Gasteiger partial charge in [0.05, 0.1) is 11.2 Å². The van der Waals surface area contributed by atoms with E-state index in [9.17, 15) is 19.1 Å². The number of carboxylic acid groups (broad SMARTS) is 1. The highest BCUT2D eigenvalue weighted by molar-refractivity contribution is 5.93. The van der Waals surface area contributed by atoms with Crippen LogP contribution < -0.4 is 16.5 Å². The normalized spacial score (nSPS) is 13.7. The molecule has 164 valence electrons. The van der Waals surface area contributed by atoms with E-state index in [0.29, 0.717) is 17.7 Å². The van der Waals surface area contributed by atoms with E-state index < -0.39 is 17.2 Å². The topological polar surface area (TPSA) is 97.3 Å². The fourth-order valence-corrected chi connectivity index (χ4v) is 3.87. The van der Waals surface area contributed by atoms with Crippen LogP contribution in [-0.4, -0.2) is 28.7 Å². The Hall–Kier alpha value is -2.41. The molecule has 2 aromatic rings. The molecule has 1 aliphatic rings. The molecule has 7 heteroatoms. The van der Waals surface area contributed by atoms with Gasteiger partial charge in [0.25, 0.3) is 0 Å². The number of nitrogens with one attached hydrogen (secondary N) is 1. The Labute approximate surface area is 176 Å². The number of halogens is 1. The van der Waals surface area contributed by atoms with Gasteiger partial charge in [0.15, 0.2) is 0 Å². The molecule has 3 rings (SSSR count). The van der Waals surface area contributed by atoms with Crippen LogP contribution in [-0.2, 0) is 0 Å². The summed E-state index contributed by atoms with van der Waals surface area (Å²) in [6, 6.07) is 2.99. The summed E-state index contributed by atoms with van der Waals surface area (Å²) in [5, 5.41) is 12.6. The van der Waals surface area contributed by atoms with Crippen LogP contribution in [0.15, 0.2) is 23.1 Å². The number of hydrogen-bond donors (Lipinski definition) is 3. The van der Waals surface area contributed by atoms with Gasteiger partial charge >= 0.3 is 5.97 Å². The number of hydrogen-bond acceptors (Lipinski definition) is 4. The minimum Gasteiger partial charge on any atom is -0.477 e. The summed E-state index contributed by atoms with van der Waals surface area (Å²) >= 11 is 0. The van der Waals surface area contributed by atoms with Crippen molar-refractivity contribution in [2.75, 3.05) is 18.4 Å². The first-order chi connectivity index (χ1) is 14.5. The predicted molar refractivity (Wildman–Crippen MR) is 118 cm³/mol. The number of fused-ring (bicyclic) bond motifs is 1. The third-order valence-corrected chi connectivity index (χ3v) is 5.74. The lowest BCUT2D eigenvalue weighted by atomic mass is 10.1. The Bertz CT molecular complexity index is 937.